The lowest BCUT2D eigenvalue weighted by molar-refractivity contribution is -0.136. The summed E-state index contributed by atoms with van der Waals surface area (Å²) in [7, 11) is 1.43. The number of hydrogen-bond acceptors (Lipinski definition) is 3. The fraction of sp³-hybridized carbons (Fsp3) is 0.278. The molecular weight excluding hydrogens is 399 g/mol. The zero-order chi connectivity index (χ0) is 21.5. The quantitative estimate of drug-likeness (QED) is 0.666. The molecule has 0 fully saturated rings. The molecule has 11 heteroatoms. The zero-order valence-electron chi connectivity index (χ0n) is 15.3. The lowest BCUT2D eigenvalue weighted by Gasteiger charge is -2.12. The van der Waals surface area contributed by atoms with E-state index in [9.17, 15) is 31.5 Å². The molecule has 2 aromatic heterocycles. The van der Waals surface area contributed by atoms with Gasteiger partial charge in [-0.25, -0.2) is 8.78 Å². The number of carbonyl (C=O) groups is 1. The third-order valence-corrected chi connectivity index (χ3v) is 4.44. The highest BCUT2D eigenvalue weighted by Gasteiger charge is 2.35. The van der Waals surface area contributed by atoms with E-state index in [0.717, 1.165) is 22.8 Å². The molecule has 0 aliphatic rings. The van der Waals surface area contributed by atoms with Crippen molar-refractivity contribution < 1.29 is 26.7 Å². The topological polar surface area (TPSA) is 68.9 Å². The Bertz CT molecular complexity index is 1160. The molecule has 3 rings (SSSR count). The van der Waals surface area contributed by atoms with E-state index in [-0.39, 0.29) is 35.4 Å². The van der Waals surface area contributed by atoms with Crippen LogP contribution in [0.3, 0.4) is 0 Å². The van der Waals surface area contributed by atoms with E-state index in [2.05, 4.69) is 10.4 Å². The van der Waals surface area contributed by atoms with Gasteiger partial charge in [0.25, 0.3) is 5.56 Å². The van der Waals surface area contributed by atoms with Crippen molar-refractivity contribution >= 4 is 22.6 Å². The Morgan fingerprint density at radius 2 is 1.90 bits per heavy atom. The minimum Gasteiger partial charge on any atom is -0.323 e. The van der Waals surface area contributed by atoms with Crippen LogP contribution in [-0.2, 0) is 24.6 Å². The molecule has 154 valence electrons. The Morgan fingerprint density at radius 3 is 2.55 bits per heavy atom. The highest BCUT2D eigenvalue weighted by atomic mass is 19.4. The third-order valence-electron chi connectivity index (χ3n) is 4.44. The maximum Gasteiger partial charge on any atom is 0.417 e. The molecule has 1 aromatic carbocycles. The van der Waals surface area contributed by atoms with Gasteiger partial charge in [0.1, 0.15) is 11.6 Å². The summed E-state index contributed by atoms with van der Waals surface area (Å²) in [6.45, 7) is 1.13. The summed E-state index contributed by atoms with van der Waals surface area (Å²) >= 11 is 0. The van der Waals surface area contributed by atoms with Gasteiger partial charge in [-0.05, 0) is 19.1 Å². The molecule has 3 aromatic rings. The Kier molecular flexibility index (Phi) is 5.16. The minimum absolute atomic E-state index is 0.201. The van der Waals surface area contributed by atoms with Gasteiger partial charge in [-0.15, -0.1) is 0 Å². The number of fused-ring (bicyclic) bond motifs is 1. The molecule has 0 radical (unpaired) electrons. The van der Waals surface area contributed by atoms with Crippen LogP contribution in [0.5, 0.6) is 0 Å². The zero-order valence-corrected chi connectivity index (χ0v) is 15.3. The summed E-state index contributed by atoms with van der Waals surface area (Å²) in [6, 6.07) is 2.97. The molecule has 0 saturated heterocycles. The van der Waals surface area contributed by atoms with Crippen LogP contribution in [0, 0.1) is 18.6 Å². The highest BCUT2D eigenvalue weighted by molar-refractivity contribution is 5.91. The smallest absolute Gasteiger partial charge is 0.323 e. The summed E-state index contributed by atoms with van der Waals surface area (Å²) in [5.74, 6) is -2.36. The maximum atomic E-state index is 13.6. The Morgan fingerprint density at radius 1 is 1.21 bits per heavy atom. The van der Waals surface area contributed by atoms with Crippen LogP contribution in [0.15, 0.2) is 29.1 Å². The normalized spacial score (nSPS) is 11.8. The molecule has 0 bridgehead atoms. The molecule has 29 heavy (non-hydrogen) atoms. The van der Waals surface area contributed by atoms with Crippen molar-refractivity contribution in [3.63, 3.8) is 0 Å². The van der Waals surface area contributed by atoms with Gasteiger partial charge in [0.05, 0.1) is 16.6 Å². The van der Waals surface area contributed by atoms with E-state index in [1.807, 2.05) is 0 Å². The van der Waals surface area contributed by atoms with Crippen molar-refractivity contribution in [2.24, 2.45) is 7.05 Å². The fourth-order valence-corrected chi connectivity index (χ4v) is 2.93. The molecule has 6 nitrogen and oxygen atoms in total. The lowest BCUT2D eigenvalue weighted by atomic mass is 10.1. The van der Waals surface area contributed by atoms with Gasteiger partial charge in [0.2, 0.25) is 5.91 Å². The van der Waals surface area contributed by atoms with Crippen molar-refractivity contribution in [1.29, 1.82) is 0 Å². The Labute approximate surface area is 160 Å². The first kappa shape index (κ1) is 20.5. The van der Waals surface area contributed by atoms with Gasteiger partial charge >= 0.3 is 6.18 Å². The van der Waals surface area contributed by atoms with Gasteiger partial charge in [0, 0.05) is 37.8 Å². The largest absolute Gasteiger partial charge is 0.417 e. The highest BCUT2D eigenvalue weighted by Crippen LogP contribution is 2.35. The average Bonchev–Trinajstić information content (AvgIpc) is 2.91. The van der Waals surface area contributed by atoms with Crippen molar-refractivity contribution in [3.8, 4) is 0 Å². The standard InChI is InChI=1S/C18H15F5N4O2/c1-9-16-11(18(21,22)23)8-15(29)27(17(16)25-26(9)2)6-5-14(28)24-13-7-10(19)3-4-12(13)20/h3-4,7-8H,5-6H2,1-2H3,(H,24,28). The van der Waals surface area contributed by atoms with E-state index in [1.54, 1.807) is 0 Å². The van der Waals surface area contributed by atoms with Crippen LogP contribution in [0.4, 0.5) is 27.6 Å². The predicted octanol–water partition coefficient (Wildman–Crippen LogP) is 3.37. The van der Waals surface area contributed by atoms with Gasteiger partial charge < -0.3 is 5.32 Å². The molecule has 0 unspecified atom stereocenters. The molecule has 1 N–H and O–H groups in total. The number of hydrogen-bond donors (Lipinski definition) is 1. The number of amides is 1. The second-order valence-corrected chi connectivity index (χ2v) is 6.38. The molecule has 0 aliphatic carbocycles. The molecule has 0 aliphatic heterocycles. The van der Waals surface area contributed by atoms with Crippen LogP contribution in [0.25, 0.3) is 11.0 Å². The van der Waals surface area contributed by atoms with Gasteiger partial charge in [-0.1, -0.05) is 0 Å². The average molecular weight is 414 g/mol. The number of nitrogens with one attached hydrogen (secondary N) is 1. The number of anilines is 1. The molecule has 0 atom stereocenters. The van der Waals surface area contributed by atoms with Crippen molar-refractivity contribution in [1.82, 2.24) is 14.3 Å². The van der Waals surface area contributed by atoms with Crippen molar-refractivity contribution in [2.75, 3.05) is 5.32 Å². The lowest BCUT2D eigenvalue weighted by Crippen LogP contribution is -2.25. The molecular formula is C18H15F5N4O2. The summed E-state index contributed by atoms with van der Waals surface area (Å²) in [4.78, 5) is 24.3. The van der Waals surface area contributed by atoms with Crippen LogP contribution in [0.1, 0.15) is 17.7 Å². The van der Waals surface area contributed by atoms with Crippen LogP contribution in [-0.4, -0.2) is 20.3 Å². The first-order valence-electron chi connectivity index (χ1n) is 8.38. The second kappa shape index (κ2) is 7.30. The number of halogens is 5. The third kappa shape index (κ3) is 3.98. The van der Waals surface area contributed by atoms with E-state index in [1.165, 1.54) is 18.7 Å². The first-order valence-corrected chi connectivity index (χ1v) is 8.38. The number of alkyl halides is 3. The summed E-state index contributed by atoms with van der Waals surface area (Å²) in [5.41, 5.74) is -2.48. The SMILES string of the molecule is Cc1c2c(C(F)(F)F)cc(=O)n(CCC(=O)Nc3cc(F)ccc3F)c2nn1C. The summed E-state index contributed by atoms with van der Waals surface area (Å²) in [5, 5.41) is 5.90. The summed E-state index contributed by atoms with van der Waals surface area (Å²) in [6.07, 6.45) is -5.12. The number of nitrogens with zero attached hydrogens (tertiary/aromatic N) is 3. The fourth-order valence-electron chi connectivity index (χ4n) is 2.93. The van der Waals surface area contributed by atoms with Crippen molar-refractivity contribution in [3.05, 3.63) is 57.5 Å². The molecule has 0 saturated carbocycles. The Hall–Kier alpha value is -3.24. The van der Waals surface area contributed by atoms with E-state index in [0.29, 0.717) is 6.07 Å². The minimum atomic E-state index is -4.75. The second-order valence-electron chi connectivity index (χ2n) is 6.38. The number of pyridine rings is 1. The number of aryl methyl sites for hydroxylation is 3. The van der Waals surface area contributed by atoms with Gasteiger partial charge in [-0.2, -0.15) is 18.3 Å². The Balaban J connectivity index is 1.92. The van der Waals surface area contributed by atoms with E-state index < -0.39 is 34.8 Å². The van der Waals surface area contributed by atoms with Crippen LogP contribution >= 0.6 is 0 Å². The maximum absolute atomic E-state index is 13.6. The molecule has 1 amide bonds. The number of rotatable bonds is 4. The van der Waals surface area contributed by atoms with Crippen LogP contribution < -0.4 is 10.9 Å². The van der Waals surface area contributed by atoms with E-state index >= 15 is 0 Å². The van der Waals surface area contributed by atoms with Gasteiger partial charge in [0.15, 0.2) is 5.65 Å². The number of carbonyl (C=O) groups excluding carboxylic acids is 1. The van der Waals surface area contributed by atoms with E-state index in [4.69, 9.17) is 0 Å². The van der Waals surface area contributed by atoms with Crippen LogP contribution in [0.2, 0.25) is 0 Å². The predicted molar refractivity (Wildman–Crippen MR) is 94.3 cm³/mol. The monoisotopic (exact) mass is 414 g/mol. The van der Waals surface area contributed by atoms with Crippen molar-refractivity contribution in [2.45, 2.75) is 26.1 Å². The number of benzene rings is 1. The number of aromatic nitrogens is 3. The summed E-state index contributed by atoms with van der Waals surface area (Å²) < 4.78 is 68.9. The molecule has 0 spiro atoms. The first-order chi connectivity index (χ1) is 13.5. The molecule has 2 heterocycles. The van der Waals surface area contributed by atoms with Gasteiger partial charge in [-0.3, -0.25) is 18.8 Å².